The molecular formula is C23H13Br2ClN2O6S. The van der Waals surface area contributed by atoms with E-state index in [2.05, 4.69) is 37.2 Å². The van der Waals surface area contributed by atoms with Gasteiger partial charge in [0.25, 0.3) is 11.8 Å². The van der Waals surface area contributed by atoms with E-state index < -0.39 is 33.5 Å². The largest absolute Gasteiger partial charge is 0.377 e. The van der Waals surface area contributed by atoms with Crippen molar-refractivity contribution in [1.82, 2.24) is 5.32 Å². The maximum atomic E-state index is 13.2. The van der Waals surface area contributed by atoms with E-state index in [1.54, 1.807) is 24.3 Å². The van der Waals surface area contributed by atoms with Crippen molar-refractivity contribution < 1.29 is 27.0 Å². The van der Waals surface area contributed by atoms with Crippen LogP contribution in [0.4, 0.5) is 10.5 Å². The molecule has 3 aromatic rings. The van der Waals surface area contributed by atoms with Gasteiger partial charge in [0.1, 0.15) is 10.5 Å². The number of rotatable bonds is 5. The first-order valence-corrected chi connectivity index (χ1v) is 13.1. The van der Waals surface area contributed by atoms with Crippen molar-refractivity contribution in [2.45, 2.75) is 4.90 Å². The molecular weight excluding hydrogens is 628 g/mol. The summed E-state index contributed by atoms with van der Waals surface area (Å²) in [5.74, 6) is -2.01. The van der Waals surface area contributed by atoms with E-state index in [1.807, 2.05) is 0 Å². The second-order valence-electron chi connectivity index (χ2n) is 7.09. The molecule has 178 valence electrons. The van der Waals surface area contributed by atoms with Crippen molar-refractivity contribution in [1.29, 1.82) is 0 Å². The zero-order valence-corrected chi connectivity index (χ0v) is 22.1. The van der Waals surface area contributed by atoms with Gasteiger partial charge in [0.2, 0.25) is 0 Å². The van der Waals surface area contributed by atoms with Gasteiger partial charge in [-0.2, -0.15) is 8.42 Å². The summed E-state index contributed by atoms with van der Waals surface area (Å²) in [6, 6.07) is 15.4. The van der Waals surface area contributed by atoms with Gasteiger partial charge in [-0.25, -0.2) is 9.69 Å². The van der Waals surface area contributed by atoms with Gasteiger partial charge in [0.15, 0.2) is 5.75 Å². The summed E-state index contributed by atoms with van der Waals surface area (Å²) in [6.45, 7) is 0. The number of hydrogen-bond donors (Lipinski definition) is 1. The van der Waals surface area contributed by atoms with Gasteiger partial charge in [-0.1, -0.05) is 45.7 Å². The number of hydrogen-bond acceptors (Lipinski definition) is 6. The van der Waals surface area contributed by atoms with Crippen LogP contribution in [0.5, 0.6) is 5.75 Å². The van der Waals surface area contributed by atoms with E-state index in [1.165, 1.54) is 42.5 Å². The average molecular weight is 641 g/mol. The quantitative estimate of drug-likeness (QED) is 0.230. The molecule has 0 aliphatic carbocycles. The van der Waals surface area contributed by atoms with Crippen LogP contribution in [0.3, 0.4) is 0 Å². The molecule has 0 aromatic heterocycles. The molecule has 35 heavy (non-hydrogen) atoms. The minimum absolute atomic E-state index is 0.0839. The molecule has 1 fully saturated rings. The fraction of sp³-hybridized carbons (Fsp3) is 0. The van der Waals surface area contributed by atoms with Crippen LogP contribution >= 0.6 is 43.5 Å². The lowest BCUT2D eigenvalue weighted by atomic mass is 10.1. The Morgan fingerprint density at radius 1 is 0.943 bits per heavy atom. The third-order valence-corrected chi connectivity index (χ3v) is 7.28. The highest BCUT2D eigenvalue weighted by Gasteiger charge is 2.37. The molecule has 1 heterocycles. The van der Waals surface area contributed by atoms with Crippen LogP contribution in [-0.2, 0) is 19.7 Å². The smallest absolute Gasteiger partial charge is 0.339 e. The predicted molar refractivity (Wildman–Crippen MR) is 137 cm³/mol. The van der Waals surface area contributed by atoms with Crippen LogP contribution in [0, 0.1) is 0 Å². The summed E-state index contributed by atoms with van der Waals surface area (Å²) in [5, 5.41) is 2.50. The van der Waals surface area contributed by atoms with E-state index in [0.717, 1.165) is 11.0 Å². The number of carbonyl (C=O) groups excluding carboxylic acids is 3. The number of halogens is 3. The lowest BCUT2D eigenvalue weighted by molar-refractivity contribution is -0.122. The molecule has 0 spiro atoms. The van der Waals surface area contributed by atoms with Crippen LogP contribution in [0.1, 0.15) is 5.56 Å². The van der Waals surface area contributed by atoms with Gasteiger partial charge in [-0.05, 0) is 70.5 Å². The highest BCUT2D eigenvalue weighted by Crippen LogP contribution is 2.37. The summed E-state index contributed by atoms with van der Waals surface area (Å²) >= 11 is 12.5. The molecule has 0 atom stereocenters. The van der Waals surface area contributed by atoms with E-state index in [-0.39, 0.29) is 26.4 Å². The maximum absolute atomic E-state index is 13.2. The Morgan fingerprint density at radius 3 is 2.26 bits per heavy atom. The number of amides is 4. The Bertz CT molecular complexity index is 1490. The number of anilines is 1. The first kappa shape index (κ1) is 25.1. The summed E-state index contributed by atoms with van der Waals surface area (Å²) in [4.78, 5) is 38.9. The Balaban J connectivity index is 1.79. The third kappa shape index (κ3) is 5.32. The van der Waals surface area contributed by atoms with Gasteiger partial charge in [-0.15, -0.1) is 0 Å². The molecule has 4 rings (SSSR count). The molecule has 1 aliphatic heterocycles. The van der Waals surface area contributed by atoms with Crippen molar-refractivity contribution in [2.75, 3.05) is 4.90 Å². The maximum Gasteiger partial charge on any atom is 0.339 e. The minimum atomic E-state index is -4.24. The van der Waals surface area contributed by atoms with Crippen LogP contribution < -0.4 is 14.4 Å². The summed E-state index contributed by atoms with van der Waals surface area (Å²) in [6.07, 6.45) is 1.15. The molecule has 12 heteroatoms. The van der Waals surface area contributed by atoms with E-state index in [0.29, 0.717) is 9.50 Å². The van der Waals surface area contributed by atoms with Crippen LogP contribution in [0.2, 0.25) is 5.02 Å². The zero-order valence-electron chi connectivity index (χ0n) is 17.4. The summed E-state index contributed by atoms with van der Waals surface area (Å²) in [7, 11) is -4.24. The normalized spacial score (nSPS) is 15.3. The second kappa shape index (κ2) is 9.94. The molecule has 0 saturated carbocycles. The fourth-order valence-electron chi connectivity index (χ4n) is 3.16. The number of imide groups is 2. The number of benzene rings is 3. The Hall–Kier alpha value is -2.99. The average Bonchev–Trinajstić information content (AvgIpc) is 2.80. The van der Waals surface area contributed by atoms with Crippen molar-refractivity contribution in [2.24, 2.45) is 0 Å². The highest BCUT2D eigenvalue weighted by atomic mass is 79.9. The minimum Gasteiger partial charge on any atom is -0.377 e. The standard InChI is InChI=1S/C23H13Br2ClN2O6S/c24-14-10-13(20(19(25)12-14)34-35(32,33)17-4-2-1-3-5-17)11-18-21(29)27-23(31)28(22(18)30)16-8-6-15(26)7-9-16/h1-12H,(H,27,29,31)/b18-11+. The molecule has 4 amide bonds. The first-order chi connectivity index (χ1) is 16.6. The molecule has 0 bridgehead atoms. The summed E-state index contributed by atoms with van der Waals surface area (Å²) < 4.78 is 31.8. The number of nitrogens with zero attached hydrogens (tertiary/aromatic N) is 1. The topological polar surface area (TPSA) is 110 Å². The lowest BCUT2D eigenvalue weighted by Gasteiger charge is -2.26. The van der Waals surface area contributed by atoms with Gasteiger partial charge < -0.3 is 4.18 Å². The van der Waals surface area contributed by atoms with Crippen LogP contribution in [-0.4, -0.2) is 26.3 Å². The van der Waals surface area contributed by atoms with E-state index >= 15 is 0 Å². The number of carbonyl (C=O) groups is 3. The molecule has 1 N–H and O–H groups in total. The van der Waals surface area contributed by atoms with Gasteiger partial charge >= 0.3 is 16.1 Å². The van der Waals surface area contributed by atoms with E-state index in [9.17, 15) is 22.8 Å². The Morgan fingerprint density at radius 2 is 1.60 bits per heavy atom. The van der Waals surface area contributed by atoms with Gasteiger partial charge in [0, 0.05) is 15.1 Å². The highest BCUT2D eigenvalue weighted by molar-refractivity contribution is 9.11. The zero-order chi connectivity index (χ0) is 25.3. The summed E-state index contributed by atoms with van der Waals surface area (Å²) in [5.41, 5.74) is -0.130. The molecule has 0 unspecified atom stereocenters. The SMILES string of the molecule is O=C1NC(=O)N(c2ccc(Cl)cc2)C(=O)/C1=C/c1cc(Br)cc(Br)c1OS(=O)(=O)c1ccccc1. The van der Waals surface area contributed by atoms with Crippen molar-refractivity contribution in [3.05, 3.63) is 91.8 Å². The first-order valence-electron chi connectivity index (χ1n) is 9.72. The Kier molecular flexibility index (Phi) is 7.13. The Labute approximate surface area is 221 Å². The number of urea groups is 1. The number of barbiturate groups is 1. The van der Waals surface area contributed by atoms with Crippen molar-refractivity contribution >= 4 is 83.2 Å². The van der Waals surface area contributed by atoms with Gasteiger partial charge in [0.05, 0.1) is 10.2 Å². The monoisotopic (exact) mass is 638 g/mol. The van der Waals surface area contributed by atoms with Crippen LogP contribution in [0.15, 0.2) is 86.1 Å². The second-order valence-corrected chi connectivity index (χ2v) is 10.8. The molecule has 1 saturated heterocycles. The molecule has 3 aromatic carbocycles. The van der Waals surface area contributed by atoms with E-state index in [4.69, 9.17) is 15.8 Å². The third-order valence-electron chi connectivity index (χ3n) is 4.75. The molecule has 1 aliphatic rings. The molecule has 8 nitrogen and oxygen atoms in total. The van der Waals surface area contributed by atoms with Crippen molar-refractivity contribution in [3.8, 4) is 5.75 Å². The number of nitrogens with one attached hydrogen (secondary N) is 1. The van der Waals surface area contributed by atoms with Crippen molar-refractivity contribution in [3.63, 3.8) is 0 Å². The lowest BCUT2D eigenvalue weighted by Crippen LogP contribution is -2.54. The predicted octanol–water partition coefficient (Wildman–Crippen LogP) is 5.30. The van der Waals surface area contributed by atoms with Gasteiger partial charge in [-0.3, -0.25) is 14.9 Å². The molecule has 0 radical (unpaired) electrons. The fourth-order valence-corrected chi connectivity index (χ4v) is 5.72. The van der Waals surface area contributed by atoms with Crippen LogP contribution in [0.25, 0.3) is 6.08 Å².